The monoisotopic (exact) mass is 200 g/mol. The predicted octanol–water partition coefficient (Wildman–Crippen LogP) is 0.765. The second-order valence-corrected chi connectivity index (χ2v) is 2.18. The highest BCUT2D eigenvalue weighted by molar-refractivity contribution is 6.04. The highest BCUT2D eigenvalue weighted by atomic mass is 16.7. The third-order valence-corrected chi connectivity index (χ3v) is 1.18. The van der Waals surface area contributed by atoms with Crippen LogP contribution in [0, 0.1) is 0 Å². The number of rotatable bonds is 3. The Morgan fingerprint density at radius 2 is 1.93 bits per heavy atom. The summed E-state index contributed by atoms with van der Waals surface area (Å²) in [6.45, 7) is 5.14. The number of ether oxygens (including phenoxy) is 3. The highest BCUT2D eigenvalue weighted by Gasteiger charge is 2.10. The number of carbonyl (C=O) groups is 2. The van der Waals surface area contributed by atoms with E-state index in [9.17, 15) is 9.59 Å². The number of hydrogen-bond donors (Lipinski definition) is 0. The molecular weight excluding hydrogens is 188 g/mol. The summed E-state index contributed by atoms with van der Waals surface area (Å²) in [6, 6.07) is 0. The summed E-state index contributed by atoms with van der Waals surface area (Å²) in [5.41, 5.74) is 0. The molecule has 0 aromatic carbocycles. The van der Waals surface area contributed by atoms with Gasteiger partial charge >= 0.3 is 11.9 Å². The van der Waals surface area contributed by atoms with Crippen LogP contribution in [-0.2, 0) is 23.8 Å². The summed E-state index contributed by atoms with van der Waals surface area (Å²) < 4.78 is 13.4. The largest absolute Gasteiger partial charge is 0.473 e. The molecule has 0 amide bonds. The molecule has 0 spiro atoms. The van der Waals surface area contributed by atoms with E-state index in [0.717, 1.165) is 12.2 Å². The van der Waals surface area contributed by atoms with Crippen molar-refractivity contribution in [3.8, 4) is 0 Å². The third kappa shape index (κ3) is 5.96. The standard InChI is InChI=1S/C5H10O2.C4H2O3/c1-4-7-5(2)6-3;5-3-1-2-4(6)7-3/h4-5H,1H2,2-3H3;1-2H. The zero-order valence-electron chi connectivity index (χ0n) is 8.06. The molecule has 0 fully saturated rings. The van der Waals surface area contributed by atoms with Gasteiger partial charge in [0, 0.05) is 19.3 Å². The minimum atomic E-state index is -0.579. The molecule has 5 nitrogen and oxygen atoms in total. The van der Waals surface area contributed by atoms with E-state index in [1.54, 1.807) is 14.0 Å². The fourth-order valence-electron chi connectivity index (χ4n) is 0.494. The molecular formula is C9H12O5. The van der Waals surface area contributed by atoms with Gasteiger partial charge in [0.25, 0.3) is 0 Å². The molecule has 14 heavy (non-hydrogen) atoms. The zero-order valence-corrected chi connectivity index (χ0v) is 8.06. The second kappa shape index (κ2) is 6.85. The lowest BCUT2D eigenvalue weighted by Crippen LogP contribution is -2.04. The number of cyclic esters (lactones) is 2. The van der Waals surface area contributed by atoms with Crippen molar-refractivity contribution in [2.75, 3.05) is 7.11 Å². The van der Waals surface area contributed by atoms with E-state index in [1.807, 2.05) is 0 Å². The van der Waals surface area contributed by atoms with Gasteiger partial charge in [-0.3, -0.25) is 0 Å². The topological polar surface area (TPSA) is 61.8 Å². The first-order valence-corrected chi connectivity index (χ1v) is 3.83. The first kappa shape index (κ1) is 12.4. The molecule has 0 aromatic rings. The molecule has 0 aliphatic carbocycles. The van der Waals surface area contributed by atoms with Crippen molar-refractivity contribution in [2.24, 2.45) is 0 Å². The van der Waals surface area contributed by atoms with Gasteiger partial charge in [-0.1, -0.05) is 6.58 Å². The zero-order chi connectivity index (χ0) is 11.0. The summed E-state index contributed by atoms with van der Waals surface area (Å²) >= 11 is 0. The van der Waals surface area contributed by atoms with Crippen LogP contribution >= 0.6 is 0 Å². The Bertz CT molecular complexity index is 228. The Morgan fingerprint density at radius 1 is 1.43 bits per heavy atom. The maximum absolute atomic E-state index is 9.92. The minimum Gasteiger partial charge on any atom is -0.473 e. The molecule has 1 aliphatic heterocycles. The molecule has 1 heterocycles. The second-order valence-electron chi connectivity index (χ2n) is 2.18. The average molecular weight is 200 g/mol. The third-order valence-electron chi connectivity index (χ3n) is 1.18. The van der Waals surface area contributed by atoms with Crippen LogP contribution in [0.4, 0.5) is 0 Å². The van der Waals surface area contributed by atoms with Gasteiger partial charge in [0.1, 0.15) is 0 Å². The van der Waals surface area contributed by atoms with E-state index < -0.39 is 11.9 Å². The van der Waals surface area contributed by atoms with Gasteiger partial charge in [0.2, 0.25) is 0 Å². The van der Waals surface area contributed by atoms with Crippen LogP contribution in [0.3, 0.4) is 0 Å². The van der Waals surface area contributed by atoms with Gasteiger partial charge in [-0.05, 0) is 6.92 Å². The van der Waals surface area contributed by atoms with Crippen LogP contribution in [0.25, 0.3) is 0 Å². The van der Waals surface area contributed by atoms with Gasteiger partial charge < -0.3 is 14.2 Å². The maximum Gasteiger partial charge on any atom is 0.338 e. The Morgan fingerprint density at radius 3 is 2.07 bits per heavy atom. The van der Waals surface area contributed by atoms with Gasteiger partial charge in [-0.2, -0.15) is 0 Å². The smallest absolute Gasteiger partial charge is 0.338 e. The summed E-state index contributed by atoms with van der Waals surface area (Å²) in [5.74, 6) is -1.16. The van der Waals surface area contributed by atoms with E-state index in [2.05, 4.69) is 11.3 Å². The summed E-state index contributed by atoms with van der Waals surface area (Å²) in [5, 5.41) is 0. The first-order valence-electron chi connectivity index (χ1n) is 3.83. The maximum atomic E-state index is 9.92. The molecule has 1 unspecified atom stereocenters. The fraction of sp³-hybridized carbons (Fsp3) is 0.333. The van der Waals surface area contributed by atoms with Gasteiger partial charge in [0.05, 0.1) is 6.26 Å². The molecule has 0 saturated heterocycles. The molecule has 0 bridgehead atoms. The van der Waals surface area contributed by atoms with E-state index in [-0.39, 0.29) is 6.29 Å². The van der Waals surface area contributed by atoms with Crippen molar-refractivity contribution in [3.05, 3.63) is 25.0 Å². The number of esters is 2. The summed E-state index contributed by atoms with van der Waals surface area (Å²) in [4.78, 5) is 19.8. The molecule has 1 rings (SSSR count). The van der Waals surface area contributed by atoms with Crippen LogP contribution in [-0.4, -0.2) is 25.3 Å². The lowest BCUT2D eigenvalue weighted by Gasteiger charge is -2.05. The fourth-order valence-corrected chi connectivity index (χ4v) is 0.494. The molecule has 0 aromatic heterocycles. The van der Waals surface area contributed by atoms with Crippen molar-refractivity contribution < 1.29 is 23.8 Å². The SMILES string of the molecule is C=COC(C)OC.O=C1C=CC(=O)O1. The van der Waals surface area contributed by atoms with Crippen LogP contribution in [0.1, 0.15) is 6.92 Å². The lowest BCUT2D eigenvalue weighted by atomic mass is 10.6. The molecule has 1 aliphatic rings. The first-order chi connectivity index (χ1) is 6.60. The Hall–Kier alpha value is -1.62. The van der Waals surface area contributed by atoms with E-state index in [4.69, 9.17) is 9.47 Å². The van der Waals surface area contributed by atoms with Gasteiger partial charge in [-0.15, -0.1) is 0 Å². The van der Waals surface area contributed by atoms with Crippen LogP contribution < -0.4 is 0 Å². The quantitative estimate of drug-likeness (QED) is 0.291. The summed E-state index contributed by atoms with van der Waals surface area (Å²) in [6.07, 6.45) is 3.36. The van der Waals surface area contributed by atoms with Crippen molar-refractivity contribution in [1.82, 2.24) is 0 Å². The highest BCUT2D eigenvalue weighted by Crippen LogP contribution is 1.92. The number of hydrogen-bond acceptors (Lipinski definition) is 5. The van der Waals surface area contributed by atoms with Crippen LogP contribution in [0.5, 0.6) is 0 Å². The van der Waals surface area contributed by atoms with Crippen molar-refractivity contribution in [2.45, 2.75) is 13.2 Å². The van der Waals surface area contributed by atoms with Crippen molar-refractivity contribution in [3.63, 3.8) is 0 Å². The Kier molecular flexibility index (Phi) is 6.06. The van der Waals surface area contributed by atoms with Gasteiger partial charge in [0.15, 0.2) is 6.29 Å². The predicted molar refractivity (Wildman–Crippen MR) is 48.0 cm³/mol. The molecule has 0 N–H and O–H groups in total. The Balaban J connectivity index is 0.000000241. The van der Waals surface area contributed by atoms with Gasteiger partial charge in [-0.25, -0.2) is 9.59 Å². The molecule has 0 saturated carbocycles. The Labute approximate surface area is 81.9 Å². The lowest BCUT2D eigenvalue weighted by molar-refractivity contribution is -0.150. The molecule has 0 radical (unpaired) electrons. The van der Waals surface area contributed by atoms with Crippen molar-refractivity contribution in [1.29, 1.82) is 0 Å². The van der Waals surface area contributed by atoms with E-state index in [1.165, 1.54) is 6.26 Å². The number of methoxy groups -OCH3 is 1. The van der Waals surface area contributed by atoms with Crippen LogP contribution in [0.2, 0.25) is 0 Å². The molecule has 5 heteroatoms. The molecule has 78 valence electrons. The molecule has 1 atom stereocenters. The summed E-state index contributed by atoms with van der Waals surface area (Å²) in [7, 11) is 1.58. The minimum absolute atomic E-state index is 0.169. The normalized spacial score (nSPS) is 15.3. The van der Waals surface area contributed by atoms with Crippen LogP contribution in [0.15, 0.2) is 25.0 Å². The van der Waals surface area contributed by atoms with Crippen molar-refractivity contribution >= 4 is 11.9 Å². The number of carbonyl (C=O) groups excluding carboxylic acids is 2. The van der Waals surface area contributed by atoms with E-state index in [0.29, 0.717) is 0 Å². The average Bonchev–Trinajstić information content (AvgIpc) is 2.51. The van der Waals surface area contributed by atoms with E-state index >= 15 is 0 Å².